The van der Waals surface area contributed by atoms with E-state index < -0.39 is 0 Å². The molecule has 1 fully saturated rings. The third-order valence-corrected chi connectivity index (χ3v) is 7.56. The van der Waals surface area contributed by atoms with E-state index in [9.17, 15) is 9.59 Å². The number of hydrogen-bond acceptors (Lipinski definition) is 3. The van der Waals surface area contributed by atoms with Crippen molar-refractivity contribution in [3.05, 3.63) is 63.6 Å². The second-order valence-electron chi connectivity index (χ2n) is 9.15. The Labute approximate surface area is 199 Å². The molecule has 0 aromatic heterocycles. The SMILES string of the molecule is COc1ccc(CN2CC(C3CCc4ccc(Br)cc4CCCCC3=O)CCC2=O)cc1. The van der Waals surface area contributed by atoms with Gasteiger partial charge in [0, 0.05) is 36.3 Å². The largest absolute Gasteiger partial charge is 0.497 e. The maximum absolute atomic E-state index is 13.2. The number of rotatable bonds is 4. The molecule has 0 N–H and O–H groups in total. The molecule has 2 aromatic rings. The van der Waals surface area contributed by atoms with Crippen LogP contribution in [-0.2, 0) is 29.0 Å². The highest BCUT2D eigenvalue weighted by Gasteiger charge is 2.34. The number of carbonyl (C=O) groups excluding carboxylic acids is 2. The predicted octanol–water partition coefficient (Wildman–Crippen LogP) is 5.74. The standard InChI is InChI=1S/C27H32BrNO3/c1-32-24-12-6-19(7-13-24)17-29-18-22(10-15-27(29)31)25-14-9-20-8-11-23(28)16-21(20)4-2-3-5-26(25)30/h6-8,11-13,16,22,25H,2-5,9-10,14-15,17-18H2,1H3. The normalized spacial score (nSPS) is 22.4. The molecule has 0 spiro atoms. The van der Waals surface area contributed by atoms with Crippen molar-refractivity contribution in [3.8, 4) is 5.75 Å². The van der Waals surface area contributed by atoms with E-state index in [2.05, 4.69) is 34.1 Å². The molecule has 1 aliphatic heterocycles. The summed E-state index contributed by atoms with van der Waals surface area (Å²) in [7, 11) is 1.65. The van der Waals surface area contributed by atoms with Gasteiger partial charge in [0.15, 0.2) is 0 Å². The van der Waals surface area contributed by atoms with Crippen LogP contribution in [0.2, 0.25) is 0 Å². The highest BCUT2D eigenvalue weighted by molar-refractivity contribution is 9.10. The van der Waals surface area contributed by atoms with Crippen LogP contribution < -0.4 is 4.74 Å². The highest BCUT2D eigenvalue weighted by Crippen LogP contribution is 2.33. The number of fused-ring (bicyclic) bond motifs is 1. The number of methoxy groups -OCH3 is 1. The minimum Gasteiger partial charge on any atom is -0.497 e. The summed E-state index contributed by atoms with van der Waals surface area (Å²) in [6, 6.07) is 14.5. The number of nitrogens with zero attached hydrogens (tertiary/aromatic N) is 1. The first-order chi connectivity index (χ1) is 15.5. The topological polar surface area (TPSA) is 46.6 Å². The van der Waals surface area contributed by atoms with E-state index in [4.69, 9.17) is 4.74 Å². The zero-order valence-corrected chi connectivity index (χ0v) is 20.4. The average Bonchev–Trinajstić information content (AvgIpc) is 2.80. The van der Waals surface area contributed by atoms with Crippen molar-refractivity contribution in [1.82, 2.24) is 4.90 Å². The molecule has 1 amide bonds. The van der Waals surface area contributed by atoms with Crippen LogP contribution in [0.15, 0.2) is 46.9 Å². The van der Waals surface area contributed by atoms with Crippen molar-refractivity contribution in [2.24, 2.45) is 11.8 Å². The molecule has 32 heavy (non-hydrogen) atoms. The Morgan fingerprint density at radius 1 is 0.938 bits per heavy atom. The smallest absolute Gasteiger partial charge is 0.222 e. The number of amides is 1. The van der Waals surface area contributed by atoms with E-state index in [1.54, 1.807) is 7.11 Å². The molecule has 4 nitrogen and oxygen atoms in total. The summed E-state index contributed by atoms with van der Waals surface area (Å²) in [5, 5.41) is 0. The van der Waals surface area contributed by atoms with Crippen molar-refractivity contribution in [1.29, 1.82) is 0 Å². The van der Waals surface area contributed by atoms with E-state index in [-0.39, 0.29) is 17.7 Å². The molecule has 2 aliphatic rings. The molecule has 2 atom stereocenters. The first-order valence-electron chi connectivity index (χ1n) is 11.7. The van der Waals surface area contributed by atoms with Gasteiger partial charge in [-0.25, -0.2) is 0 Å². The van der Waals surface area contributed by atoms with Gasteiger partial charge in [-0.3, -0.25) is 9.59 Å². The van der Waals surface area contributed by atoms with E-state index in [0.717, 1.165) is 54.3 Å². The molecule has 2 unspecified atom stereocenters. The van der Waals surface area contributed by atoms with E-state index in [1.807, 2.05) is 29.2 Å². The monoisotopic (exact) mass is 497 g/mol. The fraction of sp³-hybridized carbons (Fsp3) is 0.481. The fourth-order valence-corrected chi connectivity index (χ4v) is 5.63. The van der Waals surface area contributed by atoms with Gasteiger partial charge in [-0.1, -0.05) is 34.1 Å². The van der Waals surface area contributed by atoms with Crippen LogP contribution in [0.25, 0.3) is 0 Å². The molecular formula is C27H32BrNO3. The van der Waals surface area contributed by atoms with Crippen molar-refractivity contribution >= 4 is 27.6 Å². The van der Waals surface area contributed by atoms with Crippen LogP contribution >= 0.6 is 15.9 Å². The van der Waals surface area contributed by atoms with Gasteiger partial charge in [0.1, 0.15) is 11.5 Å². The van der Waals surface area contributed by atoms with Crippen molar-refractivity contribution < 1.29 is 14.3 Å². The van der Waals surface area contributed by atoms with Crippen LogP contribution in [0.1, 0.15) is 55.2 Å². The number of Topliss-reactive ketones (excluding diaryl/α,β-unsaturated/α-hetero) is 1. The van der Waals surface area contributed by atoms with Crippen LogP contribution in [0, 0.1) is 11.8 Å². The maximum atomic E-state index is 13.2. The maximum Gasteiger partial charge on any atom is 0.222 e. The summed E-state index contributed by atoms with van der Waals surface area (Å²) in [6.07, 6.45) is 6.87. The molecule has 5 heteroatoms. The fourth-order valence-electron chi connectivity index (χ4n) is 5.22. The minimum absolute atomic E-state index is 0.0380. The molecule has 1 heterocycles. The second-order valence-corrected chi connectivity index (χ2v) is 10.1. The summed E-state index contributed by atoms with van der Waals surface area (Å²) in [5.41, 5.74) is 3.87. The Morgan fingerprint density at radius 2 is 1.72 bits per heavy atom. The second kappa shape index (κ2) is 10.7. The van der Waals surface area contributed by atoms with Gasteiger partial charge in [-0.2, -0.15) is 0 Å². The third-order valence-electron chi connectivity index (χ3n) is 7.06. The average molecular weight is 498 g/mol. The Balaban J connectivity index is 1.48. The number of carbonyl (C=O) groups is 2. The summed E-state index contributed by atoms with van der Waals surface area (Å²) in [5.74, 6) is 1.69. The first kappa shape index (κ1) is 23.0. The molecule has 170 valence electrons. The first-order valence-corrected chi connectivity index (χ1v) is 12.5. The number of halogens is 1. The number of aryl methyl sites for hydroxylation is 2. The summed E-state index contributed by atoms with van der Waals surface area (Å²) >= 11 is 3.60. The van der Waals surface area contributed by atoms with Crippen LogP contribution in [0.3, 0.4) is 0 Å². The van der Waals surface area contributed by atoms with Crippen LogP contribution in [0.4, 0.5) is 0 Å². The Kier molecular flexibility index (Phi) is 7.67. The van der Waals surface area contributed by atoms with Gasteiger partial charge in [0.25, 0.3) is 0 Å². The number of hydrogen-bond donors (Lipinski definition) is 0. The van der Waals surface area contributed by atoms with E-state index >= 15 is 0 Å². The number of benzene rings is 2. The summed E-state index contributed by atoms with van der Waals surface area (Å²) in [4.78, 5) is 27.8. The van der Waals surface area contributed by atoms with Crippen molar-refractivity contribution in [2.75, 3.05) is 13.7 Å². The van der Waals surface area contributed by atoms with E-state index in [1.165, 1.54) is 11.1 Å². The Morgan fingerprint density at radius 3 is 2.50 bits per heavy atom. The summed E-state index contributed by atoms with van der Waals surface area (Å²) < 4.78 is 6.37. The quantitative estimate of drug-likeness (QED) is 0.540. The highest BCUT2D eigenvalue weighted by atomic mass is 79.9. The number of piperidine rings is 1. The van der Waals surface area contributed by atoms with Gasteiger partial charge < -0.3 is 9.64 Å². The zero-order chi connectivity index (χ0) is 22.5. The molecular weight excluding hydrogens is 466 g/mol. The van der Waals surface area contributed by atoms with Gasteiger partial charge in [-0.05, 0) is 85.4 Å². The summed E-state index contributed by atoms with van der Waals surface area (Å²) in [6.45, 7) is 1.27. The van der Waals surface area contributed by atoms with E-state index in [0.29, 0.717) is 31.7 Å². The molecule has 2 aromatic carbocycles. The zero-order valence-electron chi connectivity index (χ0n) is 18.8. The van der Waals surface area contributed by atoms with Crippen LogP contribution in [-0.4, -0.2) is 30.2 Å². The van der Waals surface area contributed by atoms with Crippen molar-refractivity contribution in [3.63, 3.8) is 0 Å². The molecule has 0 saturated carbocycles. The van der Waals surface area contributed by atoms with Gasteiger partial charge >= 0.3 is 0 Å². The van der Waals surface area contributed by atoms with Crippen LogP contribution in [0.5, 0.6) is 5.75 Å². The lowest BCUT2D eigenvalue weighted by Crippen LogP contribution is -2.43. The molecule has 0 radical (unpaired) electrons. The predicted molar refractivity (Wildman–Crippen MR) is 130 cm³/mol. The lowest BCUT2D eigenvalue weighted by Gasteiger charge is -2.37. The molecule has 4 rings (SSSR count). The number of ketones is 1. The van der Waals surface area contributed by atoms with Gasteiger partial charge in [0.05, 0.1) is 7.11 Å². The lowest BCUT2D eigenvalue weighted by molar-refractivity contribution is -0.138. The van der Waals surface area contributed by atoms with Crippen molar-refractivity contribution in [2.45, 2.75) is 57.9 Å². The van der Waals surface area contributed by atoms with Gasteiger partial charge in [-0.15, -0.1) is 0 Å². The third kappa shape index (κ3) is 5.61. The number of ether oxygens (including phenoxy) is 1. The minimum atomic E-state index is 0.0380. The Bertz CT molecular complexity index is 956. The Hall–Kier alpha value is -2.14. The molecule has 0 bridgehead atoms. The molecule has 1 aliphatic carbocycles. The lowest BCUT2D eigenvalue weighted by atomic mass is 9.77. The van der Waals surface area contributed by atoms with Gasteiger partial charge in [0.2, 0.25) is 5.91 Å². The molecule has 1 saturated heterocycles. The number of likely N-dealkylation sites (tertiary alicyclic amines) is 1.